The second-order valence-corrected chi connectivity index (χ2v) is 4.02. The monoisotopic (exact) mass is 358 g/mol. The Morgan fingerprint density at radius 2 is 2.23 bits per heavy atom. The van der Waals surface area contributed by atoms with E-state index in [2.05, 4.69) is 20.9 Å². The minimum atomic E-state index is -2.58. The Morgan fingerprint density at radius 3 is 2.69 bits per heavy atom. The Kier molecular flexibility index (Phi) is 3.55. The van der Waals surface area contributed by atoms with Crippen molar-refractivity contribution in [1.82, 2.24) is 4.98 Å². The zero-order valence-corrected chi connectivity index (χ0v) is 9.80. The van der Waals surface area contributed by atoms with E-state index in [0.29, 0.717) is 3.57 Å². The Bertz CT molecular complexity index is 375. The van der Waals surface area contributed by atoms with Gasteiger partial charge in [-0.15, -0.1) is 0 Å². The third kappa shape index (κ3) is 2.34. The summed E-state index contributed by atoms with van der Waals surface area (Å²) in [5.74, 6) is 0. The van der Waals surface area contributed by atoms with Gasteiger partial charge in [0.2, 0.25) is 0 Å². The maximum atomic E-state index is 12.3. The highest BCUT2D eigenvalue weighted by molar-refractivity contribution is 14.1. The van der Waals surface area contributed by atoms with Gasteiger partial charge in [-0.3, -0.25) is 0 Å². The zero-order chi connectivity index (χ0) is 10.0. The maximum absolute atomic E-state index is 12.3. The van der Waals surface area contributed by atoms with Gasteiger partial charge >= 0.3 is 0 Å². The van der Waals surface area contributed by atoms with Crippen LogP contribution in [0, 0.1) is 14.9 Å². The zero-order valence-electron chi connectivity index (χ0n) is 6.06. The minimum absolute atomic E-state index is 0.0273. The number of aromatic nitrogens is 1. The van der Waals surface area contributed by atoms with E-state index in [1.807, 2.05) is 6.07 Å². The van der Waals surface area contributed by atoms with Crippen LogP contribution in [-0.2, 0) is 0 Å². The van der Waals surface area contributed by atoms with Crippen molar-refractivity contribution in [2.45, 2.75) is 6.43 Å². The highest BCUT2D eigenvalue weighted by atomic mass is 127. The van der Waals surface area contributed by atoms with Gasteiger partial charge in [0.15, 0.2) is 5.69 Å². The Morgan fingerprint density at radius 1 is 1.62 bits per heavy atom. The van der Waals surface area contributed by atoms with Crippen LogP contribution >= 0.6 is 38.5 Å². The van der Waals surface area contributed by atoms with E-state index in [0.717, 1.165) is 0 Å². The molecule has 0 saturated carbocycles. The molecule has 1 heterocycles. The van der Waals surface area contributed by atoms with Crippen molar-refractivity contribution in [3.63, 3.8) is 0 Å². The van der Waals surface area contributed by atoms with Crippen molar-refractivity contribution in [2.75, 3.05) is 0 Å². The molecule has 0 fully saturated rings. The molecule has 13 heavy (non-hydrogen) atoms. The van der Waals surface area contributed by atoms with Crippen molar-refractivity contribution in [3.05, 3.63) is 25.5 Å². The van der Waals surface area contributed by atoms with Crippen LogP contribution in [0.1, 0.15) is 17.7 Å². The lowest BCUT2D eigenvalue weighted by Gasteiger charge is -2.03. The van der Waals surface area contributed by atoms with Crippen LogP contribution in [0.3, 0.4) is 0 Å². The van der Waals surface area contributed by atoms with Crippen molar-refractivity contribution >= 4 is 38.5 Å². The van der Waals surface area contributed by atoms with Crippen molar-refractivity contribution in [3.8, 4) is 6.07 Å². The molecule has 2 nitrogen and oxygen atoms in total. The molecule has 6 heteroatoms. The summed E-state index contributed by atoms with van der Waals surface area (Å²) in [6, 6.07) is 3.06. The van der Waals surface area contributed by atoms with Gasteiger partial charge in [-0.1, -0.05) is 0 Å². The van der Waals surface area contributed by atoms with E-state index in [1.165, 1.54) is 6.07 Å². The number of nitrogens with zero attached hydrogens (tertiary/aromatic N) is 2. The van der Waals surface area contributed by atoms with Crippen LogP contribution in [0.2, 0.25) is 0 Å². The van der Waals surface area contributed by atoms with Gasteiger partial charge in [0, 0.05) is 0 Å². The molecule has 1 rings (SSSR count). The molecule has 0 amide bonds. The van der Waals surface area contributed by atoms with Gasteiger partial charge in [0.25, 0.3) is 6.43 Å². The van der Waals surface area contributed by atoms with Crippen LogP contribution in [0.5, 0.6) is 0 Å². The van der Waals surface area contributed by atoms with Gasteiger partial charge in [0.1, 0.15) is 10.7 Å². The topological polar surface area (TPSA) is 36.7 Å². The largest absolute Gasteiger partial charge is 0.266 e. The second-order valence-electron chi connectivity index (χ2n) is 2.11. The summed E-state index contributed by atoms with van der Waals surface area (Å²) in [7, 11) is 0. The molecular weight excluding hydrogens is 357 g/mol. The van der Waals surface area contributed by atoms with Gasteiger partial charge in [-0.05, 0) is 44.6 Å². The lowest BCUT2D eigenvalue weighted by atomic mass is 10.2. The fourth-order valence-electron chi connectivity index (χ4n) is 0.712. The number of rotatable bonds is 1. The number of hydrogen-bond acceptors (Lipinski definition) is 2. The first-order chi connectivity index (χ1) is 6.06. The number of nitriles is 1. The average Bonchev–Trinajstić information content (AvgIpc) is 2.07. The van der Waals surface area contributed by atoms with Crippen LogP contribution in [0.15, 0.2) is 10.7 Å². The fraction of sp³-hybridized carbons (Fsp3) is 0.143. The summed E-state index contributed by atoms with van der Waals surface area (Å²) in [4.78, 5) is 3.68. The van der Waals surface area contributed by atoms with Crippen LogP contribution in [0.25, 0.3) is 0 Å². The first-order valence-electron chi connectivity index (χ1n) is 3.10. The Labute approximate surface area is 95.2 Å². The fourth-order valence-corrected chi connectivity index (χ4v) is 1.75. The molecule has 0 aliphatic heterocycles. The van der Waals surface area contributed by atoms with Gasteiger partial charge in [-0.25, -0.2) is 13.8 Å². The van der Waals surface area contributed by atoms with Gasteiger partial charge < -0.3 is 0 Å². The SMILES string of the molecule is N#Cc1nc(Br)c(C(F)F)cc1I. The van der Waals surface area contributed by atoms with E-state index >= 15 is 0 Å². The third-order valence-electron chi connectivity index (χ3n) is 1.30. The van der Waals surface area contributed by atoms with E-state index in [4.69, 9.17) is 5.26 Å². The van der Waals surface area contributed by atoms with E-state index < -0.39 is 6.43 Å². The van der Waals surface area contributed by atoms with Gasteiger partial charge in [-0.2, -0.15) is 5.26 Å². The van der Waals surface area contributed by atoms with Crippen LogP contribution in [0.4, 0.5) is 8.78 Å². The molecule has 0 unspecified atom stereocenters. The second kappa shape index (κ2) is 4.28. The molecule has 0 saturated heterocycles. The quantitative estimate of drug-likeness (QED) is 0.570. The predicted octanol–water partition coefficient (Wildman–Crippen LogP) is 3.26. The summed E-state index contributed by atoms with van der Waals surface area (Å²) < 4.78 is 25.0. The maximum Gasteiger partial charge on any atom is 0.266 e. The summed E-state index contributed by atoms with van der Waals surface area (Å²) in [5, 5.41) is 8.55. The lowest BCUT2D eigenvalue weighted by molar-refractivity contribution is 0.150. The van der Waals surface area contributed by atoms with E-state index in [9.17, 15) is 8.78 Å². The van der Waals surface area contributed by atoms with E-state index in [-0.39, 0.29) is 15.9 Å². The van der Waals surface area contributed by atoms with Crippen LogP contribution < -0.4 is 0 Å². The Hall–Kier alpha value is -0.290. The number of halogens is 4. The summed E-state index contributed by atoms with van der Waals surface area (Å²) in [5.41, 5.74) is -0.0414. The van der Waals surface area contributed by atoms with Crippen molar-refractivity contribution in [2.24, 2.45) is 0 Å². The first-order valence-corrected chi connectivity index (χ1v) is 4.97. The lowest BCUT2D eigenvalue weighted by Crippen LogP contribution is -1.95. The van der Waals surface area contributed by atoms with Crippen molar-refractivity contribution < 1.29 is 8.78 Å². The first kappa shape index (κ1) is 10.8. The molecule has 0 aliphatic rings. The number of alkyl halides is 2. The molecular formula is C7H2BrF2IN2. The number of pyridine rings is 1. The Balaban J connectivity index is 3.31. The molecule has 1 aromatic heterocycles. The average molecular weight is 359 g/mol. The minimum Gasteiger partial charge on any atom is -0.229 e. The summed E-state index contributed by atoms with van der Waals surface area (Å²) in [6.07, 6.45) is -2.58. The van der Waals surface area contributed by atoms with Gasteiger partial charge in [0.05, 0.1) is 9.13 Å². The molecule has 0 aromatic carbocycles. The third-order valence-corrected chi connectivity index (χ3v) is 2.76. The molecule has 0 N–H and O–H groups in total. The summed E-state index contributed by atoms with van der Waals surface area (Å²) >= 11 is 4.67. The molecule has 68 valence electrons. The molecule has 0 atom stereocenters. The standard InChI is InChI=1S/C7H2BrF2IN2/c8-6-3(7(9)10)1-4(11)5(2-12)13-6/h1,7H. The predicted molar refractivity (Wildman–Crippen MR) is 54.3 cm³/mol. The van der Waals surface area contributed by atoms with E-state index in [1.54, 1.807) is 22.6 Å². The van der Waals surface area contributed by atoms with Crippen LogP contribution in [-0.4, -0.2) is 4.98 Å². The highest BCUT2D eigenvalue weighted by Crippen LogP contribution is 2.28. The normalized spacial score (nSPS) is 10.2. The molecule has 1 aromatic rings. The van der Waals surface area contributed by atoms with Crippen molar-refractivity contribution in [1.29, 1.82) is 5.26 Å². The highest BCUT2D eigenvalue weighted by Gasteiger charge is 2.15. The smallest absolute Gasteiger partial charge is 0.229 e. The summed E-state index contributed by atoms with van der Waals surface area (Å²) in [6.45, 7) is 0. The molecule has 0 aliphatic carbocycles. The molecule has 0 radical (unpaired) electrons. The molecule has 0 bridgehead atoms. The molecule has 0 spiro atoms. The number of hydrogen-bond donors (Lipinski definition) is 0.